The van der Waals surface area contributed by atoms with Gasteiger partial charge in [0.15, 0.2) is 11.6 Å². The Morgan fingerprint density at radius 3 is 2.78 bits per heavy atom. The summed E-state index contributed by atoms with van der Waals surface area (Å²) in [5.74, 6) is 5.82. The van der Waals surface area contributed by atoms with E-state index in [1.807, 2.05) is 11.0 Å². The highest BCUT2D eigenvalue weighted by Gasteiger charge is 2.13. The number of hydrogen-bond acceptors (Lipinski definition) is 6. The van der Waals surface area contributed by atoms with E-state index in [0.29, 0.717) is 5.56 Å². The molecule has 3 aromatic rings. The number of piperidine rings is 1. The monoisotopic (exact) mass is 433 g/mol. The van der Waals surface area contributed by atoms with Crippen LogP contribution in [0.25, 0.3) is 11.1 Å². The molecular formula is C25H29N5O2. The zero-order valence-electron chi connectivity index (χ0n) is 20.4. The molecule has 32 heavy (non-hydrogen) atoms. The minimum Gasteiger partial charge on any atom is -0.485 e. The Balaban J connectivity index is 1.56. The number of aliphatic hydroxyl groups is 1. The third-order valence-corrected chi connectivity index (χ3v) is 5.06. The molecule has 0 radical (unpaired) electrons. The first-order valence-electron chi connectivity index (χ1n) is 11.7. The molecule has 3 heterocycles. The van der Waals surface area contributed by atoms with Gasteiger partial charge in [0.05, 0.1) is 15.1 Å². The maximum absolute atomic E-state index is 9.83. The third-order valence-electron chi connectivity index (χ3n) is 5.06. The van der Waals surface area contributed by atoms with Crippen LogP contribution in [0.4, 0.5) is 5.82 Å². The largest absolute Gasteiger partial charge is 0.485 e. The minimum atomic E-state index is -2.18. The van der Waals surface area contributed by atoms with E-state index >= 15 is 0 Å². The molecule has 0 atom stereocenters. The zero-order valence-corrected chi connectivity index (χ0v) is 18.4. The quantitative estimate of drug-likeness (QED) is 0.600. The maximum atomic E-state index is 9.83. The van der Waals surface area contributed by atoms with Crippen molar-refractivity contribution in [1.29, 1.82) is 0 Å². The van der Waals surface area contributed by atoms with Crippen LogP contribution in [0.1, 0.15) is 47.0 Å². The Hall–Kier alpha value is -3.50. The van der Waals surface area contributed by atoms with Crippen molar-refractivity contribution < 1.29 is 12.6 Å². The predicted molar refractivity (Wildman–Crippen MR) is 126 cm³/mol. The van der Waals surface area contributed by atoms with Crippen molar-refractivity contribution in [2.45, 2.75) is 45.3 Å². The first kappa shape index (κ1) is 19.2. The lowest BCUT2D eigenvalue weighted by molar-refractivity contribution is 0.143. The summed E-state index contributed by atoms with van der Waals surface area (Å²) in [6, 6.07) is 8.32. The molecule has 7 nitrogen and oxygen atoms in total. The van der Waals surface area contributed by atoms with Crippen molar-refractivity contribution in [2.75, 3.05) is 23.8 Å². The Kier molecular flexibility index (Phi) is 5.60. The van der Waals surface area contributed by atoms with Gasteiger partial charge in [0.2, 0.25) is 0 Å². The molecule has 0 saturated carbocycles. The van der Waals surface area contributed by atoms with Gasteiger partial charge in [-0.25, -0.2) is 4.98 Å². The van der Waals surface area contributed by atoms with E-state index in [0.717, 1.165) is 37.1 Å². The molecule has 0 bridgehead atoms. The third kappa shape index (κ3) is 5.59. The molecule has 0 aliphatic carbocycles. The van der Waals surface area contributed by atoms with Crippen LogP contribution >= 0.6 is 0 Å². The van der Waals surface area contributed by atoms with Crippen LogP contribution in [0.2, 0.25) is 0 Å². The second kappa shape index (κ2) is 9.33. The van der Waals surface area contributed by atoms with Crippen molar-refractivity contribution in [3.05, 3.63) is 60.0 Å². The molecule has 1 fully saturated rings. The number of nitrogens with zero attached hydrogens (tertiary/aromatic N) is 4. The summed E-state index contributed by atoms with van der Waals surface area (Å²) in [6.45, 7) is 2.93. The van der Waals surface area contributed by atoms with E-state index in [1.165, 1.54) is 6.42 Å². The van der Waals surface area contributed by atoms with Crippen LogP contribution in [0.5, 0.6) is 5.75 Å². The fourth-order valence-electron chi connectivity index (χ4n) is 3.39. The van der Waals surface area contributed by atoms with Gasteiger partial charge < -0.3 is 15.6 Å². The van der Waals surface area contributed by atoms with Crippen LogP contribution in [0.3, 0.4) is 0 Å². The average molecular weight is 434 g/mol. The molecule has 166 valence electrons. The first-order chi connectivity index (χ1) is 16.1. The molecule has 4 rings (SSSR count). The van der Waals surface area contributed by atoms with Crippen LogP contribution in [0, 0.1) is 11.8 Å². The highest BCUT2D eigenvalue weighted by molar-refractivity contribution is 5.65. The van der Waals surface area contributed by atoms with E-state index in [1.54, 1.807) is 56.6 Å². The molecule has 1 aliphatic rings. The van der Waals surface area contributed by atoms with Gasteiger partial charge in [-0.3, -0.25) is 5.01 Å². The number of anilines is 1. The highest BCUT2D eigenvalue weighted by atomic mass is 16.5. The Bertz CT molecular complexity index is 1220. The number of ether oxygens (including phenoxy) is 1. The lowest BCUT2D eigenvalue weighted by atomic mass is 10.1. The summed E-state index contributed by atoms with van der Waals surface area (Å²) in [5.41, 5.74) is 7.29. The van der Waals surface area contributed by atoms with Crippen molar-refractivity contribution in [2.24, 2.45) is 0 Å². The van der Waals surface area contributed by atoms with Crippen LogP contribution in [-0.4, -0.2) is 38.7 Å². The number of rotatable bonds is 5. The summed E-state index contributed by atoms with van der Waals surface area (Å²) in [7, 11) is 0. The van der Waals surface area contributed by atoms with Gasteiger partial charge in [0.1, 0.15) is 12.2 Å². The van der Waals surface area contributed by atoms with Crippen molar-refractivity contribution in [3.8, 4) is 28.7 Å². The molecule has 0 spiro atoms. The molecule has 1 aromatic carbocycles. The summed E-state index contributed by atoms with van der Waals surface area (Å²) in [6.07, 6.45) is 8.85. The summed E-state index contributed by atoms with van der Waals surface area (Å²) in [5, 5.41) is 16.5. The van der Waals surface area contributed by atoms with E-state index < -0.39 is 12.2 Å². The van der Waals surface area contributed by atoms with Crippen molar-refractivity contribution >= 4 is 5.82 Å². The fourth-order valence-corrected chi connectivity index (χ4v) is 3.39. The lowest BCUT2D eigenvalue weighted by Gasteiger charge is -2.28. The van der Waals surface area contributed by atoms with Gasteiger partial charge in [0, 0.05) is 36.0 Å². The topological polar surface area (TPSA) is 89.4 Å². The Morgan fingerprint density at radius 2 is 2.00 bits per heavy atom. The average Bonchev–Trinajstić information content (AvgIpc) is 3.30. The standard InChI is InChI=1S/C25H29N5O2/c1-25(2,31)10-9-19-7-6-8-20(13-19)18-32-23-14-21(15-27-24(23)26)22-16-28-30(17-22)29-11-4-3-5-12-29/h6-8,13-17,31H,3-5,11-12,18H2,1-2H3,(H2,26,27)/i18D2. The van der Waals surface area contributed by atoms with Gasteiger partial charge >= 0.3 is 0 Å². The molecule has 1 aliphatic heterocycles. The number of nitrogen functional groups attached to an aromatic ring is 1. The Labute approximate surface area is 191 Å². The summed E-state index contributed by atoms with van der Waals surface area (Å²) < 4.78 is 22.7. The van der Waals surface area contributed by atoms with Crippen molar-refractivity contribution in [3.63, 3.8) is 0 Å². The molecular weight excluding hydrogens is 402 g/mol. The SMILES string of the molecule is [2H]C([2H])(Oc1cc(-c2cnn(N3CCCCC3)c2)cnc1N)c1cccc(C#CC(C)(C)O)c1. The molecule has 0 unspecified atom stereocenters. The number of nitrogens with two attached hydrogens (primary N) is 1. The Morgan fingerprint density at radius 1 is 1.19 bits per heavy atom. The summed E-state index contributed by atoms with van der Waals surface area (Å²) >= 11 is 0. The van der Waals surface area contributed by atoms with E-state index in [4.69, 9.17) is 13.2 Å². The maximum Gasteiger partial charge on any atom is 0.166 e. The molecule has 2 aromatic heterocycles. The van der Waals surface area contributed by atoms with Gasteiger partial charge in [-0.15, -0.1) is 0 Å². The first-order valence-corrected chi connectivity index (χ1v) is 10.7. The van der Waals surface area contributed by atoms with E-state index in [9.17, 15) is 5.11 Å². The fraction of sp³-hybridized carbons (Fsp3) is 0.360. The minimum absolute atomic E-state index is 0.0917. The highest BCUT2D eigenvalue weighted by Crippen LogP contribution is 2.27. The molecule has 0 amide bonds. The second-order valence-electron chi connectivity index (χ2n) is 8.37. The lowest BCUT2D eigenvalue weighted by Crippen LogP contribution is -2.39. The number of hydrogen-bond donors (Lipinski definition) is 2. The second-order valence-corrected chi connectivity index (χ2v) is 8.37. The molecule has 7 heteroatoms. The van der Waals surface area contributed by atoms with E-state index in [-0.39, 0.29) is 17.1 Å². The van der Waals surface area contributed by atoms with E-state index in [2.05, 4.69) is 26.9 Å². The number of aromatic nitrogens is 3. The predicted octanol–water partition coefficient (Wildman–Crippen LogP) is 3.35. The van der Waals surface area contributed by atoms with Crippen LogP contribution in [0.15, 0.2) is 48.9 Å². The van der Waals surface area contributed by atoms with Gasteiger partial charge in [-0.1, -0.05) is 24.0 Å². The number of benzene rings is 1. The van der Waals surface area contributed by atoms with Gasteiger partial charge in [-0.2, -0.15) is 9.89 Å². The van der Waals surface area contributed by atoms with Gasteiger partial charge in [0.25, 0.3) is 0 Å². The molecule has 3 N–H and O–H groups in total. The molecule has 1 saturated heterocycles. The smallest absolute Gasteiger partial charge is 0.166 e. The normalized spacial score (nSPS) is 15.4. The van der Waals surface area contributed by atoms with Crippen molar-refractivity contribution in [1.82, 2.24) is 14.9 Å². The number of pyridine rings is 1. The van der Waals surface area contributed by atoms with Crippen LogP contribution in [-0.2, 0) is 6.56 Å². The van der Waals surface area contributed by atoms with Crippen LogP contribution < -0.4 is 15.5 Å². The summed E-state index contributed by atoms with van der Waals surface area (Å²) in [4.78, 5) is 6.07. The van der Waals surface area contributed by atoms with Gasteiger partial charge in [-0.05, 0) is 56.9 Å². The zero-order chi connectivity index (χ0) is 24.3.